The topological polar surface area (TPSA) is 43.2 Å². The zero-order valence-corrected chi connectivity index (χ0v) is 11.2. The van der Waals surface area contributed by atoms with Crippen molar-refractivity contribution in [2.75, 3.05) is 13.2 Å². The number of unbranched alkanes of at least 4 members (excludes halogenated alkanes) is 5. The standard InChI is InChI=1S/C13H26N2O2/c1-3-5-7-9-13-17-15-11-10-14-16-12-8-6-4-2/h10-11H,3-9,12-13H2,1-2H3. The van der Waals surface area contributed by atoms with Crippen molar-refractivity contribution in [3.05, 3.63) is 0 Å². The van der Waals surface area contributed by atoms with Crippen LogP contribution >= 0.6 is 0 Å². The van der Waals surface area contributed by atoms with Gasteiger partial charge in [-0.1, -0.05) is 49.8 Å². The van der Waals surface area contributed by atoms with E-state index in [1.54, 1.807) is 0 Å². The summed E-state index contributed by atoms with van der Waals surface area (Å²) in [5.41, 5.74) is 0. The maximum atomic E-state index is 5.05. The Labute approximate surface area is 105 Å². The third kappa shape index (κ3) is 14.9. The Morgan fingerprint density at radius 1 is 0.706 bits per heavy atom. The molecule has 0 atom stereocenters. The molecule has 0 heterocycles. The van der Waals surface area contributed by atoms with Gasteiger partial charge in [0.05, 0.1) is 12.4 Å². The van der Waals surface area contributed by atoms with Crippen LogP contribution in [-0.4, -0.2) is 25.6 Å². The summed E-state index contributed by atoms with van der Waals surface area (Å²) < 4.78 is 0. The molecule has 0 saturated heterocycles. The van der Waals surface area contributed by atoms with Gasteiger partial charge < -0.3 is 9.68 Å². The van der Waals surface area contributed by atoms with Crippen LogP contribution in [0.25, 0.3) is 0 Å². The Hall–Kier alpha value is -1.06. The number of nitrogens with zero attached hydrogens (tertiary/aromatic N) is 2. The first-order chi connectivity index (χ1) is 8.41. The van der Waals surface area contributed by atoms with E-state index in [0.717, 1.165) is 12.8 Å². The molecule has 0 aromatic heterocycles. The molecule has 100 valence electrons. The first-order valence-corrected chi connectivity index (χ1v) is 6.71. The van der Waals surface area contributed by atoms with E-state index in [0.29, 0.717) is 13.2 Å². The second-order valence-electron chi connectivity index (χ2n) is 3.94. The summed E-state index contributed by atoms with van der Waals surface area (Å²) >= 11 is 0. The first kappa shape index (κ1) is 15.9. The number of hydrogen-bond acceptors (Lipinski definition) is 4. The van der Waals surface area contributed by atoms with Crippen molar-refractivity contribution in [3.63, 3.8) is 0 Å². The van der Waals surface area contributed by atoms with Gasteiger partial charge in [-0.2, -0.15) is 0 Å². The Kier molecular flexibility index (Phi) is 14.0. The lowest BCUT2D eigenvalue weighted by Gasteiger charge is -1.97. The van der Waals surface area contributed by atoms with Gasteiger partial charge in [-0.15, -0.1) is 0 Å². The maximum Gasteiger partial charge on any atom is 0.117 e. The van der Waals surface area contributed by atoms with E-state index in [1.165, 1.54) is 44.5 Å². The highest BCUT2D eigenvalue weighted by Gasteiger charge is 1.86. The molecule has 0 spiro atoms. The molecule has 17 heavy (non-hydrogen) atoms. The molecule has 0 aliphatic carbocycles. The number of oxime groups is 2. The third-order valence-electron chi connectivity index (χ3n) is 2.27. The molecule has 0 bridgehead atoms. The summed E-state index contributed by atoms with van der Waals surface area (Å²) in [4.78, 5) is 10.1. The van der Waals surface area contributed by atoms with Crippen LogP contribution in [0.2, 0.25) is 0 Å². The molecule has 0 amide bonds. The van der Waals surface area contributed by atoms with Crippen LogP contribution < -0.4 is 0 Å². The van der Waals surface area contributed by atoms with E-state index in [4.69, 9.17) is 9.68 Å². The molecule has 4 heteroatoms. The van der Waals surface area contributed by atoms with Crippen LogP contribution in [0.3, 0.4) is 0 Å². The Bertz CT molecular complexity index is 194. The Morgan fingerprint density at radius 3 is 1.71 bits per heavy atom. The van der Waals surface area contributed by atoms with Crippen LogP contribution in [0.5, 0.6) is 0 Å². The van der Waals surface area contributed by atoms with Crippen molar-refractivity contribution in [1.82, 2.24) is 0 Å². The molecule has 0 N–H and O–H groups in total. The average molecular weight is 242 g/mol. The van der Waals surface area contributed by atoms with Gasteiger partial charge in [-0.25, -0.2) is 0 Å². The van der Waals surface area contributed by atoms with Gasteiger partial charge in [0.2, 0.25) is 0 Å². The van der Waals surface area contributed by atoms with E-state index in [9.17, 15) is 0 Å². The Balaban J connectivity index is 3.15. The normalized spacial score (nSPS) is 11.4. The summed E-state index contributed by atoms with van der Waals surface area (Å²) in [6, 6.07) is 0. The van der Waals surface area contributed by atoms with Gasteiger partial charge in [-0.05, 0) is 19.3 Å². The highest BCUT2D eigenvalue weighted by molar-refractivity contribution is 6.15. The monoisotopic (exact) mass is 242 g/mol. The summed E-state index contributed by atoms with van der Waals surface area (Å²) in [5, 5.41) is 7.48. The molecule has 0 rings (SSSR count). The summed E-state index contributed by atoms with van der Waals surface area (Å²) in [5.74, 6) is 0. The van der Waals surface area contributed by atoms with Crippen molar-refractivity contribution in [2.24, 2.45) is 10.3 Å². The third-order valence-corrected chi connectivity index (χ3v) is 2.27. The molecular weight excluding hydrogens is 216 g/mol. The van der Waals surface area contributed by atoms with Gasteiger partial charge in [0.15, 0.2) is 0 Å². The van der Waals surface area contributed by atoms with Gasteiger partial charge >= 0.3 is 0 Å². The maximum absolute atomic E-state index is 5.05. The number of hydrogen-bond donors (Lipinski definition) is 0. The molecule has 0 aromatic carbocycles. The minimum Gasteiger partial charge on any atom is -0.396 e. The van der Waals surface area contributed by atoms with Crippen molar-refractivity contribution >= 4 is 12.4 Å². The second-order valence-corrected chi connectivity index (χ2v) is 3.94. The van der Waals surface area contributed by atoms with Crippen molar-refractivity contribution in [2.45, 2.75) is 58.8 Å². The molecule has 0 fully saturated rings. The fourth-order valence-corrected chi connectivity index (χ4v) is 1.26. The molecular formula is C13H26N2O2. The van der Waals surface area contributed by atoms with Crippen LogP contribution in [0.4, 0.5) is 0 Å². The van der Waals surface area contributed by atoms with Gasteiger partial charge in [-0.3, -0.25) is 0 Å². The molecule has 0 aromatic rings. The first-order valence-electron chi connectivity index (χ1n) is 6.71. The SMILES string of the molecule is CCCCCCON=CC=NOCCCCC. The summed E-state index contributed by atoms with van der Waals surface area (Å²) in [6.45, 7) is 5.71. The molecule has 4 nitrogen and oxygen atoms in total. The van der Waals surface area contributed by atoms with Crippen LogP contribution in [0.1, 0.15) is 58.8 Å². The molecule has 0 saturated carbocycles. The minimum atomic E-state index is 0.677. The highest BCUT2D eigenvalue weighted by Crippen LogP contribution is 1.98. The van der Waals surface area contributed by atoms with E-state index in [2.05, 4.69) is 24.2 Å². The van der Waals surface area contributed by atoms with Gasteiger partial charge in [0, 0.05) is 0 Å². The average Bonchev–Trinajstić information content (AvgIpc) is 2.35. The summed E-state index contributed by atoms with van der Waals surface area (Å²) in [7, 11) is 0. The van der Waals surface area contributed by atoms with Crippen LogP contribution in [-0.2, 0) is 9.68 Å². The second kappa shape index (κ2) is 14.9. The van der Waals surface area contributed by atoms with Crippen molar-refractivity contribution in [1.29, 1.82) is 0 Å². The van der Waals surface area contributed by atoms with E-state index in [-0.39, 0.29) is 0 Å². The largest absolute Gasteiger partial charge is 0.396 e. The van der Waals surface area contributed by atoms with E-state index >= 15 is 0 Å². The predicted octanol–water partition coefficient (Wildman–Crippen LogP) is 3.76. The van der Waals surface area contributed by atoms with Gasteiger partial charge in [0.25, 0.3) is 0 Å². The zero-order chi connectivity index (χ0) is 12.6. The lowest BCUT2D eigenvalue weighted by atomic mass is 10.2. The minimum absolute atomic E-state index is 0.677. The molecule has 0 radical (unpaired) electrons. The molecule has 0 aliphatic heterocycles. The van der Waals surface area contributed by atoms with Gasteiger partial charge in [0.1, 0.15) is 13.2 Å². The zero-order valence-electron chi connectivity index (χ0n) is 11.2. The smallest absolute Gasteiger partial charge is 0.117 e. The lowest BCUT2D eigenvalue weighted by molar-refractivity contribution is 0.139. The number of rotatable bonds is 12. The van der Waals surface area contributed by atoms with Crippen LogP contribution in [0.15, 0.2) is 10.3 Å². The van der Waals surface area contributed by atoms with E-state index < -0.39 is 0 Å². The summed E-state index contributed by atoms with van der Waals surface area (Å²) in [6.07, 6.45) is 11.2. The lowest BCUT2D eigenvalue weighted by Crippen LogP contribution is -1.90. The fourth-order valence-electron chi connectivity index (χ4n) is 1.26. The highest BCUT2D eigenvalue weighted by atomic mass is 16.6. The fraction of sp³-hybridized carbons (Fsp3) is 0.846. The predicted molar refractivity (Wildman–Crippen MR) is 72.6 cm³/mol. The van der Waals surface area contributed by atoms with Crippen LogP contribution in [0, 0.1) is 0 Å². The van der Waals surface area contributed by atoms with Crippen molar-refractivity contribution < 1.29 is 9.68 Å². The quantitative estimate of drug-likeness (QED) is 0.297. The molecule has 0 aliphatic rings. The van der Waals surface area contributed by atoms with E-state index in [1.807, 2.05) is 0 Å². The molecule has 0 unspecified atom stereocenters. The Morgan fingerprint density at radius 2 is 1.18 bits per heavy atom. The van der Waals surface area contributed by atoms with Crippen molar-refractivity contribution in [3.8, 4) is 0 Å².